The second-order valence-electron chi connectivity index (χ2n) is 9.41. The third kappa shape index (κ3) is 5.90. The summed E-state index contributed by atoms with van der Waals surface area (Å²) < 4.78 is 0. The molecule has 34 heavy (non-hydrogen) atoms. The summed E-state index contributed by atoms with van der Waals surface area (Å²) in [7, 11) is 2.16. The van der Waals surface area contributed by atoms with Crippen LogP contribution in [0.4, 0.5) is 17.3 Å². The topological polar surface area (TPSA) is 102 Å². The number of rotatable bonds is 4. The van der Waals surface area contributed by atoms with Crippen LogP contribution in [-0.2, 0) is 0 Å². The number of hydrogen-bond donors (Lipinski definition) is 3. The minimum atomic E-state index is -0.204. The van der Waals surface area contributed by atoms with Gasteiger partial charge in [0.2, 0.25) is 5.95 Å². The van der Waals surface area contributed by atoms with Crippen molar-refractivity contribution in [2.45, 2.75) is 39.5 Å². The summed E-state index contributed by atoms with van der Waals surface area (Å²) in [6.45, 7) is 12.7. The maximum Gasteiger partial charge on any atom is 0.271 e. The number of likely N-dealkylation sites (N-methyl/N-ethyl adjacent to an activating group) is 1. The van der Waals surface area contributed by atoms with Crippen LogP contribution in [0.3, 0.4) is 0 Å². The highest BCUT2D eigenvalue weighted by atomic mass is 16.1. The van der Waals surface area contributed by atoms with Crippen LogP contribution >= 0.6 is 0 Å². The normalized spacial score (nSPS) is 16.6. The van der Waals surface area contributed by atoms with Crippen molar-refractivity contribution in [1.82, 2.24) is 30.2 Å². The number of nitrogens with one attached hydrogen (secondary N) is 3. The number of fused-ring (bicyclic) bond motifs is 1. The molecule has 0 aliphatic carbocycles. The van der Waals surface area contributed by atoms with E-state index in [4.69, 9.17) is 0 Å². The van der Waals surface area contributed by atoms with E-state index in [1.165, 1.54) is 37.2 Å². The lowest BCUT2D eigenvalue weighted by molar-refractivity contribution is 0.312. The molecule has 0 radical (unpaired) electrons. The third-order valence-corrected chi connectivity index (χ3v) is 6.28. The third-order valence-electron chi connectivity index (χ3n) is 6.28. The van der Waals surface area contributed by atoms with E-state index >= 15 is 0 Å². The SMILES string of the molecule is C1CCNC1.Cc1cc(Nc2ncc3nc(C(C)C)c(=O)[nH]c3n2)ccc1N1CCN(C)CC1. The summed E-state index contributed by atoms with van der Waals surface area (Å²) in [6, 6.07) is 6.28. The highest BCUT2D eigenvalue weighted by molar-refractivity contribution is 5.71. The molecule has 4 heterocycles. The average Bonchev–Trinajstić information content (AvgIpc) is 3.40. The zero-order valence-electron chi connectivity index (χ0n) is 20.7. The number of anilines is 3. The minimum absolute atomic E-state index is 0.0442. The van der Waals surface area contributed by atoms with E-state index in [1.807, 2.05) is 19.9 Å². The molecule has 0 spiro atoms. The summed E-state index contributed by atoms with van der Waals surface area (Å²) in [6.07, 6.45) is 4.41. The van der Waals surface area contributed by atoms with E-state index in [2.05, 4.69) is 66.5 Å². The van der Waals surface area contributed by atoms with Gasteiger partial charge in [-0.2, -0.15) is 4.98 Å². The molecule has 2 aromatic heterocycles. The number of hydrogen-bond acceptors (Lipinski definition) is 8. The van der Waals surface area contributed by atoms with Gasteiger partial charge >= 0.3 is 0 Å². The lowest BCUT2D eigenvalue weighted by Gasteiger charge is -2.35. The van der Waals surface area contributed by atoms with Gasteiger partial charge in [-0.1, -0.05) is 13.8 Å². The molecule has 3 N–H and O–H groups in total. The summed E-state index contributed by atoms with van der Waals surface area (Å²) in [5.41, 5.74) is 4.69. The van der Waals surface area contributed by atoms with Crippen LogP contribution in [0, 0.1) is 6.92 Å². The van der Waals surface area contributed by atoms with Crippen LogP contribution in [0.15, 0.2) is 29.2 Å². The summed E-state index contributed by atoms with van der Waals surface area (Å²) in [5.74, 6) is 0.474. The predicted octanol–water partition coefficient (Wildman–Crippen LogP) is 3.01. The van der Waals surface area contributed by atoms with E-state index in [-0.39, 0.29) is 11.5 Å². The first kappa shape index (κ1) is 24.1. The molecule has 2 fully saturated rings. The fourth-order valence-electron chi connectivity index (χ4n) is 4.24. The summed E-state index contributed by atoms with van der Waals surface area (Å²) in [4.78, 5) is 33.0. The van der Waals surface area contributed by atoms with Gasteiger partial charge in [0.1, 0.15) is 11.2 Å². The highest BCUT2D eigenvalue weighted by Gasteiger charge is 2.16. The Bertz CT molecular complexity index is 1160. The second kappa shape index (κ2) is 10.9. The van der Waals surface area contributed by atoms with Crippen molar-refractivity contribution in [2.24, 2.45) is 0 Å². The maximum atomic E-state index is 12.2. The lowest BCUT2D eigenvalue weighted by atomic mass is 10.1. The molecule has 0 amide bonds. The van der Waals surface area contributed by atoms with Crippen molar-refractivity contribution in [3.8, 4) is 0 Å². The molecule has 9 nitrogen and oxygen atoms in total. The summed E-state index contributed by atoms with van der Waals surface area (Å²) in [5, 5.41) is 6.45. The fraction of sp³-hybridized carbons (Fsp3) is 0.520. The molecule has 9 heteroatoms. The molecule has 0 bridgehead atoms. The quantitative estimate of drug-likeness (QED) is 0.542. The van der Waals surface area contributed by atoms with Gasteiger partial charge in [-0.05, 0) is 63.7 Å². The van der Waals surface area contributed by atoms with Crippen molar-refractivity contribution >= 4 is 28.5 Å². The maximum absolute atomic E-state index is 12.2. The van der Waals surface area contributed by atoms with Gasteiger partial charge in [-0.25, -0.2) is 9.97 Å². The Balaban J connectivity index is 0.000000486. The van der Waals surface area contributed by atoms with Crippen molar-refractivity contribution in [2.75, 3.05) is 56.5 Å². The van der Waals surface area contributed by atoms with Gasteiger partial charge in [0.05, 0.1) is 6.20 Å². The van der Waals surface area contributed by atoms with Crippen LogP contribution in [0.2, 0.25) is 0 Å². The van der Waals surface area contributed by atoms with Gasteiger partial charge in [0, 0.05) is 43.5 Å². The predicted molar refractivity (Wildman–Crippen MR) is 138 cm³/mol. The molecule has 182 valence electrons. The molecule has 5 rings (SSSR count). The lowest BCUT2D eigenvalue weighted by Crippen LogP contribution is -2.44. The first-order valence-corrected chi connectivity index (χ1v) is 12.2. The number of benzene rings is 1. The highest BCUT2D eigenvalue weighted by Crippen LogP contribution is 2.26. The molecule has 2 aliphatic rings. The molecule has 0 atom stereocenters. The molecule has 3 aromatic rings. The Hall–Kier alpha value is -3.04. The molecule has 2 saturated heterocycles. The Morgan fingerprint density at radius 3 is 2.41 bits per heavy atom. The Morgan fingerprint density at radius 1 is 1.06 bits per heavy atom. The van der Waals surface area contributed by atoms with Crippen molar-refractivity contribution in [3.63, 3.8) is 0 Å². The monoisotopic (exact) mass is 464 g/mol. The zero-order valence-corrected chi connectivity index (χ0v) is 20.7. The Labute approximate surface area is 201 Å². The van der Waals surface area contributed by atoms with Gasteiger partial charge in [0.15, 0.2) is 5.65 Å². The van der Waals surface area contributed by atoms with Crippen LogP contribution in [0.1, 0.15) is 43.9 Å². The molecule has 2 aliphatic heterocycles. The van der Waals surface area contributed by atoms with Gasteiger partial charge in [-0.15, -0.1) is 0 Å². The van der Waals surface area contributed by atoms with Crippen molar-refractivity contribution < 1.29 is 0 Å². The van der Waals surface area contributed by atoms with E-state index in [9.17, 15) is 4.79 Å². The van der Waals surface area contributed by atoms with Crippen LogP contribution in [0.5, 0.6) is 0 Å². The largest absolute Gasteiger partial charge is 0.369 e. The van der Waals surface area contributed by atoms with Gasteiger partial charge in [-0.3, -0.25) is 4.79 Å². The Kier molecular flexibility index (Phi) is 7.74. The number of aromatic nitrogens is 4. The average molecular weight is 465 g/mol. The second-order valence-corrected chi connectivity index (χ2v) is 9.41. The van der Waals surface area contributed by atoms with Crippen LogP contribution < -0.4 is 21.1 Å². The summed E-state index contributed by atoms with van der Waals surface area (Å²) >= 11 is 0. The fourth-order valence-corrected chi connectivity index (χ4v) is 4.24. The first-order chi connectivity index (χ1) is 16.4. The molecule has 1 aromatic carbocycles. The van der Waals surface area contributed by atoms with Crippen LogP contribution in [0.25, 0.3) is 11.2 Å². The minimum Gasteiger partial charge on any atom is -0.369 e. The molecular weight excluding hydrogens is 428 g/mol. The van der Waals surface area contributed by atoms with Crippen molar-refractivity contribution in [3.05, 3.63) is 46.0 Å². The smallest absolute Gasteiger partial charge is 0.271 e. The molecule has 0 unspecified atom stereocenters. The van der Waals surface area contributed by atoms with Crippen LogP contribution in [-0.4, -0.2) is 71.2 Å². The van der Waals surface area contributed by atoms with E-state index in [1.54, 1.807) is 6.20 Å². The zero-order chi connectivity index (χ0) is 24.1. The number of piperazine rings is 1. The standard InChI is InChI=1S/C21H27N7O.C4H9N/c1-13(2)18-20(29)25-19-16(24-18)12-22-21(26-19)23-15-5-6-17(14(3)11-15)28-9-7-27(4)8-10-28;1-2-4-5-3-1/h5-6,11-13H,7-10H2,1-4H3,(H2,22,23,25,26,29);5H,1-4H2. The van der Waals surface area contributed by atoms with E-state index in [0.717, 1.165) is 31.9 Å². The van der Waals surface area contributed by atoms with E-state index < -0.39 is 0 Å². The molecular formula is C25H36N8O. The Morgan fingerprint density at radius 2 is 1.79 bits per heavy atom. The number of aromatic amines is 1. The molecule has 0 saturated carbocycles. The van der Waals surface area contributed by atoms with E-state index in [0.29, 0.717) is 22.8 Å². The number of aryl methyl sites for hydroxylation is 1. The number of nitrogens with zero attached hydrogens (tertiary/aromatic N) is 5. The van der Waals surface area contributed by atoms with Gasteiger partial charge in [0.25, 0.3) is 5.56 Å². The first-order valence-electron chi connectivity index (χ1n) is 12.2. The van der Waals surface area contributed by atoms with Gasteiger partial charge < -0.3 is 25.4 Å². The number of H-pyrrole nitrogens is 1. The van der Waals surface area contributed by atoms with Crippen molar-refractivity contribution in [1.29, 1.82) is 0 Å².